The molecule has 0 spiro atoms. The maximum absolute atomic E-state index is 13.2. The minimum Gasteiger partial charge on any atom is -0.476 e. The van der Waals surface area contributed by atoms with Crippen LogP contribution in [0.15, 0.2) is 6.33 Å². The van der Waals surface area contributed by atoms with Gasteiger partial charge in [0.05, 0.1) is 38.4 Å². The van der Waals surface area contributed by atoms with Crippen molar-refractivity contribution in [2.75, 3.05) is 31.8 Å². The first kappa shape index (κ1) is 24.8. The Morgan fingerprint density at radius 1 is 1.41 bits per heavy atom. The van der Waals surface area contributed by atoms with Crippen LogP contribution >= 0.6 is 7.60 Å². The van der Waals surface area contributed by atoms with Crippen molar-refractivity contribution in [2.24, 2.45) is 5.92 Å². The highest BCUT2D eigenvalue weighted by molar-refractivity contribution is 7.53. The summed E-state index contributed by atoms with van der Waals surface area (Å²) < 4.78 is 43.2. The summed E-state index contributed by atoms with van der Waals surface area (Å²) in [6, 6.07) is 0. The summed E-state index contributed by atoms with van der Waals surface area (Å²) in [5.41, 5.74) is 6.82. The van der Waals surface area contributed by atoms with Gasteiger partial charge in [-0.05, 0) is 20.8 Å². The van der Waals surface area contributed by atoms with E-state index >= 15 is 0 Å². The number of rotatable bonds is 9. The number of nitrogen functional groups attached to an aromatic ring is 1. The van der Waals surface area contributed by atoms with E-state index < -0.39 is 26.0 Å². The number of imidazole rings is 1. The second kappa shape index (κ2) is 10.1. The van der Waals surface area contributed by atoms with Crippen LogP contribution in [0.25, 0.3) is 11.2 Å². The van der Waals surface area contributed by atoms with Gasteiger partial charge in [-0.3, -0.25) is 13.9 Å². The van der Waals surface area contributed by atoms with E-state index in [1.54, 1.807) is 24.7 Å². The summed E-state index contributed by atoms with van der Waals surface area (Å²) in [4.78, 5) is 24.5. The molecule has 4 heterocycles. The number of nitrogens with one attached hydrogen (secondary N) is 1. The normalized spacial score (nSPS) is 28.9. The zero-order chi connectivity index (χ0) is 24.5. The second-order valence-corrected chi connectivity index (χ2v) is 10.5. The molecular weight excluding hydrogens is 467 g/mol. The molecule has 2 aliphatic rings. The smallest absolute Gasteiger partial charge is 0.344 e. The van der Waals surface area contributed by atoms with Crippen molar-refractivity contribution in [3.63, 3.8) is 0 Å². The van der Waals surface area contributed by atoms with Crippen LogP contribution in [-0.4, -0.2) is 69.8 Å². The van der Waals surface area contributed by atoms with Crippen LogP contribution in [0.3, 0.4) is 0 Å². The van der Waals surface area contributed by atoms with E-state index in [-0.39, 0.29) is 43.3 Å². The molecule has 0 saturated carbocycles. The van der Waals surface area contributed by atoms with Crippen molar-refractivity contribution in [1.29, 1.82) is 0 Å². The topological polar surface area (TPSA) is 162 Å². The van der Waals surface area contributed by atoms with Crippen molar-refractivity contribution in [3.05, 3.63) is 6.33 Å². The molecule has 0 bridgehead atoms. The van der Waals surface area contributed by atoms with Gasteiger partial charge in [-0.25, -0.2) is 4.98 Å². The number of nitrogens with two attached hydrogens (primary N) is 1. The molecule has 34 heavy (non-hydrogen) atoms. The molecule has 188 valence electrons. The number of esters is 1. The van der Waals surface area contributed by atoms with E-state index in [1.165, 1.54) is 0 Å². The molecule has 2 fully saturated rings. The van der Waals surface area contributed by atoms with Crippen LogP contribution in [0.1, 0.15) is 40.3 Å². The number of ether oxygens (including phenoxy) is 3. The molecule has 13 nitrogen and oxygen atoms in total. The molecule has 0 aliphatic carbocycles. The zero-order valence-corrected chi connectivity index (χ0v) is 20.6. The average Bonchev–Trinajstić information content (AvgIpc) is 3.32. The van der Waals surface area contributed by atoms with E-state index in [1.807, 2.05) is 13.8 Å². The number of nitrogens with zero attached hydrogens (tertiary/aromatic N) is 4. The minimum atomic E-state index is -3.42. The van der Waals surface area contributed by atoms with E-state index in [9.17, 15) is 9.36 Å². The van der Waals surface area contributed by atoms with E-state index in [0.29, 0.717) is 30.2 Å². The van der Waals surface area contributed by atoms with Crippen LogP contribution in [0.4, 0.5) is 5.95 Å². The Morgan fingerprint density at radius 2 is 2.21 bits per heavy atom. The average molecular weight is 498 g/mol. The molecule has 0 aromatic carbocycles. The largest absolute Gasteiger partial charge is 0.476 e. The Hall–Kier alpha value is -2.31. The van der Waals surface area contributed by atoms with Gasteiger partial charge in [0.15, 0.2) is 11.2 Å². The lowest BCUT2D eigenvalue weighted by molar-refractivity contribution is -0.147. The van der Waals surface area contributed by atoms with Gasteiger partial charge in [0.25, 0.3) is 0 Å². The lowest BCUT2D eigenvalue weighted by Crippen LogP contribution is -2.37. The fraction of sp³-hybridized carbons (Fsp3) is 0.700. The monoisotopic (exact) mass is 498 g/mol. The van der Waals surface area contributed by atoms with Crippen LogP contribution < -0.4 is 15.8 Å². The van der Waals surface area contributed by atoms with Gasteiger partial charge in [-0.2, -0.15) is 9.97 Å². The van der Waals surface area contributed by atoms with Crippen molar-refractivity contribution in [2.45, 2.75) is 58.7 Å². The summed E-state index contributed by atoms with van der Waals surface area (Å²) >= 11 is 0. The van der Waals surface area contributed by atoms with Gasteiger partial charge in [-0.1, -0.05) is 6.92 Å². The second-order valence-electron chi connectivity index (χ2n) is 8.49. The molecule has 4 rings (SSSR count). The van der Waals surface area contributed by atoms with E-state index in [4.69, 9.17) is 29.0 Å². The Balaban J connectivity index is 1.42. The molecule has 0 unspecified atom stereocenters. The van der Waals surface area contributed by atoms with Crippen LogP contribution in [0.5, 0.6) is 5.88 Å². The molecule has 2 aromatic rings. The maximum atomic E-state index is 13.2. The van der Waals surface area contributed by atoms with Gasteiger partial charge in [-0.15, -0.1) is 0 Å². The van der Waals surface area contributed by atoms with Crippen molar-refractivity contribution in [1.82, 2.24) is 24.8 Å². The minimum absolute atomic E-state index is 0.0158. The van der Waals surface area contributed by atoms with Gasteiger partial charge < -0.3 is 34.3 Å². The number of aromatic nitrogens is 4. The van der Waals surface area contributed by atoms with Crippen molar-refractivity contribution >= 4 is 30.7 Å². The number of anilines is 1. The fourth-order valence-corrected chi connectivity index (χ4v) is 5.77. The third kappa shape index (κ3) is 5.18. The van der Waals surface area contributed by atoms with Gasteiger partial charge >= 0.3 is 13.6 Å². The van der Waals surface area contributed by atoms with Crippen LogP contribution in [0.2, 0.25) is 0 Å². The van der Waals surface area contributed by atoms with Crippen molar-refractivity contribution in [3.8, 4) is 5.88 Å². The molecular formula is C20H31N6O7P. The first-order valence-electron chi connectivity index (χ1n) is 11.3. The predicted molar refractivity (Wildman–Crippen MR) is 121 cm³/mol. The Morgan fingerprint density at radius 3 is 2.94 bits per heavy atom. The lowest BCUT2D eigenvalue weighted by atomic mass is 10.0. The Bertz CT molecular complexity index is 1080. The number of carbonyl (C=O) groups excluding carboxylic acids is 1. The predicted octanol–water partition coefficient (Wildman–Crippen LogP) is 1.84. The van der Waals surface area contributed by atoms with Crippen molar-refractivity contribution < 1.29 is 32.6 Å². The summed E-state index contributed by atoms with van der Waals surface area (Å²) in [5, 5.41) is 2.97. The van der Waals surface area contributed by atoms with E-state index in [2.05, 4.69) is 20.3 Å². The third-order valence-electron chi connectivity index (χ3n) is 5.51. The van der Waals surface area contributed by atoms with Gasteiger partial charge in [0.1, 0.15) is 18.4 Å². The van der Waals surface area contributed by atoms with Gasteiger partial charge in [0, 0.05) is 12.5 Å². The molecule has 0 radical (unpaired) electrons. The maximum Gasteiger partial charge on any atom is 0.344 e. The molecule has 2 aliphatic heterocycles. The SMILES string of the molecule is CCOc1nc(N)nc2c1ncn2[C@@H]1O[C@@H]2CO[P@@](=O)(CNCCC(=O)OC(C)C)O[C@H]2[C@@H]1C. The van der Waals surface area contributed by atoms with E-state index in [0.717, 1.165) is 0 Å². The molecule has 2 saturated heterocycles. The molecule has 0 amide bonds. The Labute approximate surface area is 197 Å². The first-order valence-corrected chi connectivity index (χ1v) is 13.0. The fourth-order valence-electron chi connectivity index (χ4n) is 4.04. The zero-order valence-electron chi connectivity index (χ0n) is 19.7. The quantitative estimate of drug-likeness (QED) is 0.293. The summed E-state index contributed by atoms with van der Waals surface area (Å²) in [7, 11) is -3.42. The molecule has 2 aromatic heterocycles. The molecule has 14 heteroatoms. The highest BCUT2D eigenvalue weighted by atomic mass is 31.2. The Kier molecular flexibility index (Phi) is 7.39. The number of hydrogen-bond acceptors (Lipinski definition) is 12. The number of fused-ring (bicyclic) bond motifs is 2. The highest BCUT2D eigenvalue weighted by Crippen LogP contribution is 2.56. The third-order valence-corrected chi connectivity index (χ3v) is 7.22. The lowest BCUT2D eigenvalue weighted by Gasteiger charge is -2.32. The number of hydrogen-bond donors (Lipinski definition) is 2. The van der Waals surface area contributed by atoms with Gasteiger partial charge in [0.2, 0.25) is 11.8 Å². The summed E-state index contributed by atoms with van der Waals surface area (Å²) in [6.45, 7) is 8.19. The summed E-state index contributed by atoms with van der Waals surface area (Å²) in [6.07, 6.45) is 0.208. The first-order chi connectivity index (χ1) is 16.2. The molecule has 3 N–H and O–H groups in total. The van der Waals surface area contributed by atoms with Crippen LogP contribution in [0, 0.1) is 5.92 Å². The number of carbonyl (C=O) groups is 1. The summed E-state index contributed by atoms with van der Waals surface area (Å²) in [5.74, 6) is -0.142. The highest BCUT2D eigenvalue weighted by Gasteiger charge is 2.51. The van der Waals surface area contributed by atoms with Crippen LogP contribution in [-0.2, 0) is 27.9 Å². The standard InChI is InChI=1S/C20H31N6O7P/c1-5-29-18-15-17(24-20(21)25-18)26(9-23-15)19-12(4)16-13(32-19)8-30-34(28,33-16)10-22-7-6-14(27)31-11(2)3/h9,11-13,16,19,22H,5-8,10H2,1-4H3,(H2,21,24,25)/t12-,13+,16-,19+,34-/m0/s1. The molecule has 5 atom stereocenters.